The van der Waals surface area contributed by atoms with Crippen LogP contribution >= 0.6 is 0 Å². The maximum Gasteiger partial charge on any atom is 0.231 e. The number of likely N-dealkylation sites (tertiary alicyclic amines) is 1. The van der Waals surface area contributed by atoms with Crippen LogP contribution in [0.15, 0.2) is 30.6 Å². The first-order valence-electron chi connectivity index (χ1n) is 9.00. The topological polar surface area (TPSA) is 59.8 Å². The molecule has 2 saturated heterocycles. The van der Waals surface area contributed by atoms with Gasteiger partial charge in [0.05, 0.1) is 6.20 Å². The summed E-state index contributed by atoms with van der Waals surface area (Å²) in [5.41, 5.74) is 2.18. The van der Waals surface area contributed by atoms with Crippen LogP contribution in [-0.2, 0) is 18.4 Å². The zero-order valence-electron chi connectivity index (χ0n) is 14.9. The number of benzene rings is 1. The molecule has 1 amide bonds. The third kappa shape index (κ3) is 2.63. The molecule has 0 aliphatic carbocycles. The second-order valence-electron chi connectivity index (χ2n) is 7.68. The van der Waals surface area contributed by atoms with Crippen LogP contribution in [0.3, 0.4) is 0 Å². The summed E-state index contributed by atoms with van der Waals surface area (Å²) in [6.45, 7) is 3.90. The fraction of sp³-hybridized carbons (Fsp3) is 0.474. The number of rotatable bonds is 3. The van der Waals surface area contributed by atoms with Crippen LogP contribution in [0.25, 0.3) is 0 Å². The highest BCUT2D eigenvalue weighted by molar-refractivity contribution is 5.96. The average molecular weight is 354 g/mol. The second-order valence-corrected chi connectivity index (χ2v) is 7.68. The van der Waals surface area contributed by atoms with Gasteiger partial charge in [0, 0.05) is 62.0 Å². The van der Waals surface area contributed by atoms with E-state index in [1.807, 2.05) is 41.0 Å². The number of ether oxygens (including phenoxy) is 2. The second kappa shape index (κ2) is 5.74. The van der Waals surface area contributed by atoms with Gasteiger partial charge in [0.2, 0.25) is 12.7 Å². The van der Waals surface area contributed by atoms with Gasteiger partial charge in [0.1, 0.15) is 0 Å². The molecule has 0 saturated carbocycles. The van der Waals surface area contributed by atoms with E-state index in [-0.39, 0.29) is 18.1 Å². The highest BCUT2D eigenvalue weighted by Crippen LogP contribution is 2.44. The largest absolute Gasteiger partial charge is 0.454 e. The Bertz CT molecular complexity index is 864. The van der Waals surface area contributed by atoms with E-state index >= 15 is 0 Å². The van der Waals surface area contributed by atoms with Crippen LogP contribution in [0.4, 0.5) is 5.69 Å². The number of aryl methyl sites for hydroxylation is 1. The normalized spacial score (nSPS) is 25.0. The first-order chi connectivity index (χ1) is 12.6. The molecule has 7 nitrogen and oxygen atoms in total. The third-order valence-corrected chi connectivity index (χ3v) is 5.67. The summed E-state index contributed by atoms with van der Waals surface area (Å²) in [4.78, 5) is 17.1. The average Bonchev–Trinajstić information content (AvgIpc) is 3.37. The molecular weight excluding hydrogens is 332 g/mol. The van der Waals surface area contributed by atoms with E-state index in [0.29, 0.717) is 6.42 Å². The molecule has 3 aliphatic rings. The van der Waals surface area contributed by atoms with Gasteiger partial charge in [-0.2, -0.15) is 5.10 Å². The molecule has 7 heteroatoms. The fourth-order valence-corrected chi connectivity index (χ4v) is 4.43. The molecule has 1 aromatic heterocycles. The summed E-state index contributed by atoms with van der Waals surface area (Å²) < 4.78 is 12.7. The number of aromatic nitrogens is 2. The molecule has 26 heavy (non-hydrogen) atoms. The molecule has 2 aromatic rings. The van der Waals surface area contributed by atoms with Crippen molar-refractivity contribution in [3.05, 3.63) is 36.2 Å². The van der Waals surface area contributed by atoms with Crippen LogP contribution in [0.2, 0.25) is 0 Å². The van der Waals surface area contributed by atoms with Crippen LogP contribution in [0, 0.1) is 5.41 Å². The van der Waals surface area contributed by atoms with Crippen molar-refractivity contribution in [2.24, 2.45) is 12.5 Å². The molecule has 136 valence electrons. The molecule has 1 unspecified atom stereocenters. The van der Waals surface area contributed by atoms with Crippen molar-refractivity contribution >= 4 is 11.6 Å². The lowest BCUT2D eigenvalue weighted by Crippen LogP contribution is -2.31. The molecular formula is C19H22N4O3. The lowest BCUT2D eigenvalue weighted by Gasteiger charge is -2.24. The maximum absolute atomic E-state index is 12.7. The number of hydrogen-bond acceptors (Lipinski definition) is 5. The lowest BCUT2D eigenvalue weighted by atomic mass is 9.86. The summed E-state index contributed by atoms with van der Waals surface area (Å²) in [6.07, 6.45) is 5.65. The maximum atomic E-state index is 12.7. The summed E-state index contributed by atoms with van der Waals surface area (Å²) >= 11 is 0. The van der Waals surface area contributed by atoms with E-state index in [1.165, 1.54) is 5.56 Å². The molecule has 5 rings (SSSR count). The minimum atomic E-state index is 0.0513. The highest BCUT2D eigenvalue weighted by atomic mass is 16.7. The van der Waals surface area contributed by atoms with Crippen molar-refractivity contribution in [1.29, 1.82) is 0 Å². The van der Waals surface area contributed by atoms with Gasteiger partial charge in [-0.25, -0.2) is 0 Å². The van der Waals surface area contributed by atoms with E-state index in [2.05, 4.69) is 16.2 Å². The van der Waals surface area contributed by atoms with Gasteiger partial charge < -0.3 is 14.4 Å². The summed E-state index contributed by atoms with van der Waals surface area (Å²) in [7, 11) is 1.94. The zero-order valence-corrected chi connectivity index (χ0v) is 14.9. The quantitative estimate of drug-likeness (QED) is 0.841. The van der Waals surface area contributed by atoms with E-state index in [4.69, 9.17) is 9.47 Å². The van der Waals surface area contributed by atoms with Gasteiger partial charge in [-0.1, -0.05) is 0 Å². The van der Waals surface area contributed by atoms with Crippen molar-refractivity contribution < 1.29 is 14.3 Å². The van der Waals surface area contributed by atoms with Crippen molar-refractivity contribution in [2.75, 3.05) is 31.3 Å². The summed E-state index contributed by atoms with van der Waals surface area (Å²) in [5, 5.41) is 4.25. The number of carbonyl (C=O) groups is 1. The van der Waals surface area contributed by atoms with Gasteiger partial charge >= 0.3 is 0 Å². The Hall–Kier alpha value is -2.54. The molecule has 0 bridgehead atoms. The van der Waals surface area contributed by atoms with E-state index in [0.717, 1.165) is 49.8 Å². The van der Waals surface area contributed by atoms with Crippen molar-refractivity contribution in [3.8, 4) is 11.5 Å². The highest BCUT2D eigenvalue weighted by Gasteiger charge is 2.47. The Morgan fingerprint density at radius 3 is 2.96 bits per heavy atom. The summed E-state index contributed by atoms with van der Waals surface area (Å²) in [6, 6.07) is 5.76. The van der Waals surface area contributed by atoms with Crippen LogP contribution < -0.4 is 14.4 Å². The van der Waals surface area contributed by atoms with E-state index in [9.17, 15) is 4.79 Å². The van der Waals surface area contributed by atoms with Crippen molar-refractivity contribution in [1.82, 2.24) is 14.7 Å². The number of hydrogen-bond donors (Lipinski definition) is 0. The molecule has 0 radical (unpaired) electrons. The Balaban J connectivity index is 1.30. The molecule has 1 atom stereocenters. The number of anilines is 1. The zero-order chi connectivity index (χ0) is 17.7. The van der Waals surface area contributed by atoms with Crippen LogP contribution in [0.5, 0.6) is 11.5 Å². The predicted molar refractivity (Wildman–Crippen MR) is 95.1 cm³/mol. The fourth-order valence-electron chi connectivity index (χ4n) is 4.43. The first-order valence-corrected chi connectivity index (χ1v) is 9.00. The van der Waals surface area contributed by atoms with Gasteiger partial charge in [-0.05, 0) is 25.1 Å². The Morgan fingerprint density at radius 1 is 1.23 bits per heavy atom. The van der Waals surface area contributed by atoms with Gasteiger partial charge in [0.15, 0.2) is 11.5 Å². The minimum Gasteiger partial charge on any atom is -0.454 e. The van der Waals surface area contributed by atoms with Gasteiger partial charge in [0.25, 0.3) is 0 Å². The first kappa shape index (κ1) is 15.7. The Labute approximate surface area is 152 Å². The van der Waals surface area contributed by atoms with Crippen molar-refractivity contribution in [2.45, 2.75) is 19.4 Å². The summed E-state index contributed by atoms with van der Waals surface area (Å²) in [5.74, 6) is 1.67. The smallest absolute Gasteiger partial charge is 0.231 e. The molecule has 4 heterocycles. The molecule has 1 spiro atoms. The Morgan fingerprint density at radius 2 is 2.12 bits per heavy atom. The number of nitrogens with zero attached hydrogens (tertiary/aromatic N) is 4. The van der Waals surface area contributed by atoms with Gasteiger partial charge in [-0.15, -0.1) is 0 Å². The molecule has 0 N–H and O–H groups in total. The Kier molecular flexibility index (Phi) is 3.46. The predicted octanol–water partition coefficient (Wildman–Crippen LogP) is 1.78. The van der Waals surface area contributed by atoms with Crippen LogP contribution in [-0.4, -0.2) is 47.0 Å². The minimum absolute atomic E-state index is 0.0513. The standard InChI is InChI=1S/C19H22N4O3/c1-21-9-14(8-20-21)10-22-5-4-19(11-22)7-18(24)23(12-19)15-2-3-16-17(6-15)26-13-25-16/h2-3,6,8-9H,4-5,7,10-13H2,1H3. The molecule has 3 aliphatic heterocycles. The van der Waals surface area contributed by atoms with E-state index < -0.39 is 0 Å². The van der Waals surface area contributed by atoms with Crippen LogP contribution in [0.1, 0.15) is 18.4 Å². The molecule has 1 aromatic carbocycles. The lowest BCUT2D eigenvalue weighted by molar-refractivity contribution is -0.117. The molecule has 2 fully saturated rings. The SMILES string of the molecule is Cn1cc(CN2CCC3(CC(=O)N(c4ccc5c(c4)OCO5)C3)C2)cn1. The number of fused-ring (bicyclic) bond motifs is 1. The van der Waals surface area contributed by atoms with E-state index in [1.54, 1.807) is 0 Å². The van der Waals surface area contributed by atoms with Crippen molar-refractivity contribution in [3.63, 3.8) is 0 Å². The third-order valence-electron chi connectivity index (χ3n) is 5.67. The number of amides is 1. The number of carbonyl (C=O) groups excluding carboxylic acids is 1. The monoisotopic (exact) mass is 354 g/mol. The van der Waals surface area contributed by atoms with Gasteiger partial charge in [-0.3, -0.25) is 14.4 Å².